The Morgan fingerprint density at radius 2 is 1.60 bits per heavy atom. The van der Waals surface area contributed by atoms with Crippen LogP contribution in [0.2, 0.25) is 5.02 Å². The third kappa shape index (κ3) is 5.22. The van der Waals surface area contributed by atoms with Crippen molar-refractivity contribution < 1.29 is 22.7 Å². The van der Waals surface area contributed by atoms with Gasteiger partial charge in [0.25, 0.3) is 0 Å². The van der Waals surface area contributed by atoms with Crippen LogP contribution in [0.5, 0.6) is 0 Å². The molecule has 132 valence electrons. The Kier molecular flexibility index (Phi) is 6.03. The minimum Gasteiger partial charge on any atom is -0.449 e. The van der Waals surface area contributed by atoms with E-state index in [1.54, 1.807) is 31.2 Å². The van der Waals surface area contributed by atoms with Crippen molar-refractivity contribution in [3.8, 4) is 0 Å². The van der Waals surface area contributed by atoms with Crippen LogP contribution in [0.1, 0.15) is 23.6 Å². The van der Waals surface area contributed by atoms with Crippen molar-refractivity contribution in [3.05, 3.63) is 70.2 Å². The zero-order valence-corrected chi connectivity index (χ0v) is 13.9. The van der Waals surface area contributed by atoms with Gasteiger partial charge in [-0.25, -0.2) is 10.2 Å². The molecule has 0 bridgehead atoms. The van der Waals surface area contributed by atoms with E-state index in [1.165, 1.54) is 12.1 Å². The maximum Gasteiger partial charge on any atom is 0.427 e. The summed E-state index contributed by atoms with van der Waals surface area (Å²) in [4.78, 5) is 11.4. The summed E-state index contributed by atoms with van der Waals surface area (Å²) in [7, 11) is 0. The highest BCUT2D eigenvalue weighted by Gasteiger charge is 2.30. The summed E-state index contributed by atoms with van der Waals surface area (Å²) >= 11 is 5.85. The number of hydrogen-bond acceptors (Lipinski definition) is 3. The van der Waals surface area contributed by atoms with Crippen LogP contribution in [-0.2, 0) is 10.9 Å². The summed E-state index contributed by atoms with van der Waals surface area (Å²) < 4.78 is 42.8. The van der Waals surface area contributed by atoms with Gasteiger partial charge in [-0.2, -0.15) is 18.3 Å². The molecule has 4 nitrogen and oxygen atoms in total. The number of amides is 1. The summed E-state index contributed by atoms with van der Waals surface area (Å²) in [6.45, 7) is 1.80. The second-order valence-corrected chi connectivity index (χ2v) is 5.31. The summed E-state index contributed by atoms with van der Waals surface area (Å²) in [5, 5.41) is 4.47. The van der Waals surface area contributed by atoms with E-state index in [2.05, 4.69) is 10.5 Å². The third-order valence-corrected chi connectivity index (χ3v) is 3.39. The molecule has 2 aromatic rings. The predicted molar refractivity (Wildman–Crippen MR) is 88.7 cm³/mol. The van der Waals surface area contributed by atoms with Gasteiger partial charge in [0.1, 0.15) is 0 Å². The number of halogens is 4. The van der Waals surface area contributed by atoms with Crippen LogP contribution in [0, 0.1) is 0 Å². The van der Waals surface area contributed by atoms with Crippen LogP contribution in [0.4, 0.5) is 18.0 Å². The fourth-order valence-electron chi connectivity index (χ4n) is 1.99. The molecule has 0 radical (unpaired) electrons. The van der Waals surface area contributed by atoms with E-state index in [4.69, 9.17) is 16.3 Å². The molecular formula is C17H14ClF3N2O2. The van der Waals surface area contributed by atoms with E-state index in [9.17, 15) is 18.0 Å². The Bertz CT molecular complexity index is 757. The second-order valence-electron chi connectivity index (χ2n) is 4.87. The lowest BCUT2D eigenvalue weighted by Gasteiger charge is -2.10. The highest BCUT2D eigenvalue weighted by molar-refractivity contribution is 6.30. The standard InChI is InChI=1S/C17H14ClF3N2O2/c1-2-25-16(24)23-22-15(12-5-9-14(18)10-6-12)11-3-7-13(8-4-11)17(19,20)21/h3-10H,2H2,1H3,(H,23,24)/b22-15-. The summed E-state index contributed by atoms with van der Waals surface area (Å²) in [6, 6.07) is 11.0. The number of benzene rings is 2. The molecule has 0 spiro atoms. The van der Waals surface area contributed by atoms with Crippen molar-refractivity contribution in [1.82, 2.24) is 5.43 Å². The van der Waals surface area contributed by atoms with Crippen molar-refractivity contribution in [2.24, 2.45) is 5.10 Å². The predicted octanol–water partition coefficient (Wildman–Crippen LogP) is 4.86. The molecule has 0 aliphatic carbocycles. The summed E-state index contributed by atoms with van der Waals surface area (Å²) in [5.74, 6) is 0. The van der Waals surface area contributed by atoms with Gasteiger partial charge in [-0.1, -0.05) is 35.9 Å². The smallest absolute Gasteiger partial charge is 0.427 e. The Hall–Kier alpha value is -2.54. The van der Waals surface area contributed by atoms with Crippen LogP contribution in [-0.4, -0.2) is 18.4 Å². The Labute approximate surface area is 147 Å². The normalized spacial score (nSPS) is 12.0. The molecule has 1 amide bonds. The SMILES string of the molecule is CCOC(=O)N/N=C(\c1ccc(Cl)cc1)c1ccc(C(F)(F)F)cc1. The van der Waals surface area contributed by atoms with Crippen LogP contribution < -0.4 is 5.43 Å². The average Bonchev–Trinajstić information content (AvgIpc) is 2.56. The first-order valence-corrected chi connectivity index (χ1v) is 7.63. The van der Waals surface area contributed by atoms with E-state index >= 15 is 0 Å². The van der Waals surface area contributed by atoms with Crippen LogP contribution >= 0.6 is 11.6 Å². The fourth-order valence-corrected chi connectivity index (χ4v) is 2.11. The maximum atomic E-state index is 12.7. The molecule has 0 fully saturated rings. The zero-order chi connectivity index (χ0) is 18.4. The molecule has 0 saturated carbocycles. The maximum absolute atomic E-state index is 12.7. The van der Waals surface area contributed by atoms with Gasteiger partial charge in [-0.15, -0.1) is 0 Å². The molecule has 0 aliphatic rings. The van der Waals surface area contributed by atoms with E-state index in [0.717, 1.165) is 12.1 Å². The monoisotopic (exact) mass is 370 g/mol. The van der Waals surface area contributed by atoms with Crippen molar-refractivity contribution in [1.29, 1.82) is 0 Å². The third-order valence-electron chi connectivity index (χ3n) is 3.14. The van der Waals surface area contributed by atoms with E-state index in [0.29, 0.717) is 16.1 Å². The van der Waals surface area contributed by atoms with Crippen LogP contribution in [0.3, 0.4) is 0 Å². The molecule has 25 heavy (non-hydrogen) atoms. The average molecular weight is 371 g/mol. The number of hydrazone groups is 1. The quantitative estimate of drug-likeness (QED) is 0.617. The highest BCUT2D eigenvalue weighted by Crippen LogP contribution is 2.29. The number of nitrogens with zero attached hydrogens (tertiary/aromatic N) is 1. The first-order valence-electron chi connectivity index (χ1n) is 7.25. The number of hydrogen-bond donors (Lipinski definition) is 1. The van der Waals surface area contributed by atoms with E-state index in [1.807, 2.05) is 0 Å². The molecule has 0 heterocycles. The molecule has 2 aromatic carbocycles. The number of carbonyl (C=O) groups excluding carboxylic acids is 1. The lowest BCUT2D eigenvalue weighted by molar-refractivity contribution is -0.137. The Balaban J connectivity index is 2.38. The number of carbonyl (C=O) groups is 1. The van der Waals surface area contributed by atoms with Crippen molar-refractivity contribution >= 4 is 23.4 Å². The second kappa shape index (κ2) is 8.02. The number of nitrogens with one attached hydrogen (secondary N) is 1. The van der Waals surface area contributed by atoms with Gasteiger partial charge >= 0.3 is 12.3 Å². The van der Waals surface area contributed by atoms with Gasteiger partial charge < -0.3 is 4.74 Å². The first-order chi connectivity index (χ1) is 11.8. The minimum atomic E-state index is -4.43. The Morgan fingerprint density at radius 3 is 2.08 bits per heavy atom. The van der Waals surface area contributed by atoms with Crippen molar-refractivity contribution in [2.45, 2.75) is 13.1 Å². The lowest BCUT2D eigenvalue weighted by Crippen LogP contribution is -2.21. The van der Waals surface area contributed by atoms with Gasteiger partial charge in [-0.3, -0.25) is 0 Å². The topological polar surface area (TPSA) is 50.7 Å². The molecule has 0 saturated heterocycles. The molecule has 0 aliphatic heterocycles. The van der Waals surface area contributed by atoms with Crippen molar-refractivity contribution in [3.63, 3.8) is 0 Å². The summed E-state index contributed by atoms with van der Waals surface area (Å²) in [5.41, 5.74) is 2.68. The van der Waals surface area contributed by atoms with Crippen LogP contribution in [0.15, 0.2) is 53.6 Å². The lowest BCUT2D eigenvalue weighted by atomic mass is 10.0. The van der Waals surface area contributed by atoms with Gasteiger partial charge in [0, 0.05) is 16.1 Å². The van der Waals surface area contributed by atoms with Crippen LogP contribution in [0.25, 0.3) is 0 Å². The molecule has 0 unspecified atom stereocenters. The number of alkyl halides is 3. The summed E-state index contributed by atoms with van der Waals surface area (Å²) in [6.07, 6.45) is -5.19. The van der Waals surface area contributed by atoms with Crippen molar-refractivity contribution in [2.75, 3.05) is 6.61 Å². The van der Waals surface area contributed by atoms with Gasteiger partial charge in [-0.05, 0) is 31.2 Å². The molecule has 0 atom stereocenters. The molecule has 8 heteroatoms. The number of rotatable bonds is 4. The van der Waals surface area contributed by atoms with E-state index in [-0.39, 0.29) is 12.3 Å². The van der Waals surface area contributed by atoms with E-state index < -0.39 is 17.8 Å². The zero-order valence-electron chi connectivity index (χ0n) is 13.1. The van der Waals surface area contributed by atoms with Gasteiger partial charge in [0.15, 0.2) is 0 Å². The molecule has 1 N–H and O–H groups in total. The minimum absolute atomic E-state index is 0.165. The highest BCUT2D eigenvalue weighted by atomic mass is 35.5. The first kappa shape index (κ1) is 18.8. The van der Waals surface area contributed by atoms with Gasteiger partial charge in [0.2, 0.25) is 0 Å². The molecule has 0 aromatic heterocycles. The van der Waals surface area contributed by atoms with Gasteiger partial charge in [0.05, 0.1) is 17.9 Å². The fraction of sp³-hybridized carbons (Fsp3) is 0.176. The largest absolute Gasteiger partial charge is 0.449 e. The molecule has 2 rings (SSSR count). The number of ether oxygens (including phenoxy) is 1. The Morgan fingerprint density at radius 1 is 1.08 bits per heavy atom. The molecular weight excluding hydrogens is 357 g/mol.